The van der Waals surface area contributed by atoms with Crippen LogP contribution in [0.1, 0.15) is 24.6 Å². The predicted molar refractivity (Wildman–Crippen MR) is 74.1 cm³/mol. The Labute approximate surface area is 114 Å². The fourth-order valence-electron chi connectivity index (χ4n) is 2.14. The summed E-state index contributed by atoms with van der Waals surface area (Å²) in [6, 6.07) is 2.51. The molecule has 1 aromatic heterocycles. The average Bonchev–Trinajstić information content (AvgIpc) is 2.72. The van der Waals surface area contributed by atoms with Crippen LogP contribution >= 0.6 is 27.3 Å². The zero-order chi connectivity index (χ0) is 12.3. The lowest BCUT2D eigenvalue weighted by atomic mass is 9.92. The molecule has 0 spiro atoms. The molecule has 94 valence electrons. The zero-order valence-electron chi connectivity index (χ0n) is 9.83. The van der Waals surface area contributed by atoms with Crippen LogP contribution in [0.5, 0.6) is 0 Å². The number of halogens is 1. The molecule has 1 amide bonds. The van der Waals surface area contributed by atoms with Crippen molar-refractivity contribution in [3.8, 4) is 0 Å². The highest BCUT2D eigenvalue weighted by molar-refractivity contribution is 9.10. The maximum absolute atomic E-state index is 12.0. The van der Waals surface area contributed by atoms with Crippen LogP contribution in [0.15, 0.2) is 15.9 Å². The van der Waals surface area contributed by atoms with E-state index in [1.165, 1.54) is 4.88 Å². The normalized spacial score (nSPS) is 24.6. The Morgan fingerprint density at radius 2 is 2.53 bits per heavy atom. The Kier molecular flexibility index (Phi) is 4.59. The Morgan fingerprint density at radius 1 is 1.71 bits per heavy atom. The van der Waals surface area contributed by atoms with Crippen LogP contribution in [-0.4, -0.2) is 18.5 Å². The minimum atomic E-state index is 0.176. The molecule has 0 aliphatic carbocycles. The van der Waals surface area contributed by atoms with Crippen molar-refractivity contribution in [2.45, 2.75) is 32.4 Å². The Bertz CT molecular complexity index is 394. The third-order valence-corrected chi connectivity index (χ3v) is 4.75. The van der Waals surface area contributed by atoms with Gasteiger partial charge in [0, 0.05) is 26.7 Å². The van der Waals surface area contributed by atoms with E-state index in [9.17, 15) is 4.79 Å². The van der Waals surface area contributed by atoms with E-state index in [0.29, 0.717) is 12.6 Å². The van der Waals surface area contributed by atoms with Crippen molar-refractivity contribution >= 4 is 33.2 Å². The summed E-state index contributed by atoms with van der Waals surface area (Å²) in [5.41, 5.74) is 0. The lowest BCUT2D eigenvalue weighted by Gasteiger charge is -2.27. The molecule has 2 rings (SSSR count). The predicted octanol–water partition coefficient (Wildman–Crippen LogP) is 2.51. The number of nitrogens with one attached hydrogen (secondary N) is 2. The number of hydrogen-bond donors (Lipinski definition) is 2. The van der Waals surface area contributed by atoms with Crippen molar-refractivity contribution in [1.29, 1.82) is 0 Å². The van der Waals surface area contributed by atoms with Gasteiger partial charge in [-0.15, -0.1) is 11.3 Å². The van der Waals surface area contributed by atoms with E-state index in [4.69, 9.17) is 0 Å². The number of carbonyl (C=O) groups is 1. The summed E-state index contributed by atoms with van der Waals surface area (Å²) in [6.07, 6.45) is 1.89. The second kappa shape index (κ2) is 5.98. The molecule has 3 nitrogen and oxygen atoms in total. The molecule has 1 saturated heterocycles. The van der Waals surface area contributed by atoms with Gasteiger partial charge in [-0.05, 0) is 48.3 Å². The van der Waals surface area contributed by atoms with Crippen molar-refractivity contribution in [1.82, 2.24) is 10.6 Å². The van der Waals surface area contributed by atoms with E-state index in [-0.39, 0.29) is 11.8 Å². The molecule has 0 saturated carbocycles. The van der Waals surface area contributed by atoms with Crippen molar-refractivity contribution in [3.63, 3.8) is 0 Å². The van der Waals surface area contributed by atoms with E-state index in [1.807, 2.05) is 5.38 Å². The summed E-state index contributed by atoms with van der Waals surface area (Å²) in [7, 11) is 0. The number of amides is 1. The number of rotatable bonds is 3. The summed E-state index contributed by atoms with van der Waals surface area (Å²) >= 11 is 5.08. The third kappa shape index (κ3) is 3.79. The summed E-state index contributed by atoms with van der Waals surface area (Å²) in [4.78, 5) is 13.2. The van der Waals surface area contributed by atoms with E-state index in [2.05, 4.69) is 39.6 Å². The van der Waals surface area contributed by atoms with E-state index >= 15 is 0 Å². The number of thiophene rings is 1. The van der Waals surface area contributed by atoms with Gasteiger partial charge in [-0.2, -0.15) is 0 Å². The molecule has 2 N–H and O–H groups in total. The van der Waals surface area contributed by atoms with Crippen molar-refractivity contribution in [2.24, 2.45) is 5.92 Å². The van der Waals surface area contributed by atoms with E-state index in [1.54, 1.807) is 11.3 Å². The quantitative estimate of drug-likeness (QED) is 0.899. The molecular formula is C12H17BrN2OS. The fraction of sp³-hybridized carbons (Fsp3) is 0.583. The molecule has 1 aliphatic rings. The first kappa shape index (κ1) is 13.1. The monoisotopic (exact) mass is 316 g/mol. The number of carbonyl (C=O) groups excluding carboxylic acids is 1. The highest BCUT2D eigenvalue weighted by atomic mass is 79.9. The standard InChI is InChI=1S/C12H17BrN2OS/c1-8-4-9(2-3-14-8)12(16)15-6-11-5-10(13)7-17-11/h5,7-9,14H,2-4,6H2,1H3,(H,15,16)/t8-,9-/m0/s1. The number of piperidine rings is 1. The minimum absolute atomic E-state index is 0.176. The summed E-state index contributed by atoms with van der Waals surface area (Å²) in [5, 5.41) is 8.42. The maximum Gasteiger partial charge on any atom is 0.223 e. The van der Waals surface area contributed by atoms with Crippen molar-refractivity contribution in [2.75, 3.05) is 6.54 Å². The summed E-state index contributed by atoms with van der Waals surface area (Å²) in [5.74, 6) is 0.373. The molecule has 2 atom stereocenters. The molecule has 2 heterocycles. The maximum atomic E-state index is 12.0. The largest absolute Gasteiger partial charge is 0.351 e. The van der Waals surface area contributed by atoms with Crippen molar-refractivity contribution < 1.29 is 4.79 Å². The first-order valence-corrected chi connectivity index (χ1v) is 7.56. The van der Waals surface area contributed by atoms with Gasteiger partial charge in [0.25, 0.3) is 0 Å². The van der Waals surface area contributed by atoms with Gasteiger partial charge >= 0.3 is 0 Å². The second-order valence-electron chi connectivity index (χ2n) is 4.53. The summed E-state index contributed by atoms with van der Waals surface area (Å²) < 4.78 is 1.09. The van der Waals surface area contributed by atoms with Crippen LogP contribution < -0.4 is 10.6 Å². The molecular weight excluding hydrogens is 300 g/mol. The molecule has 5 heteroatoms. The minimum Gasteiger partial charge on any atom is -0.351 e. The van der Waals surface area contributed by atoms with Gasteiger partial charge in [0.05, 0.1) is 6.54 Å². The lowest BCUT2D eigenvalue weighted by Crippen LogP contribution is -2.42. The van der Waals surface area contributed by atoms with Gasteiger partial charge < -0.3 is 10.6 Å². The number of hydrogen-bond acceptors (Lipinski definition) is 3. The third-order valence-electron chi connectivity index (χ3n) is 3.05. The molecule has 0 unspecified atom stereocenters. The molecule has 0 bridgehead atoms. The van der Waals surface area contributed by atoms with Crippen LogP contribution in [0.2, 0.25) is 0 Å². The Morgan fingerprint density at radius 3 is 3.18 bits per heavy atom. The fourth-order valence-corrected chi connectivity index (χ4v) is 3.53. The van der Waals surface area contributed by atoms with Gasteiger partial charge in [-0.3, -0.25) is 4.79 Å². The Balaban J connectivity index is 1.80. The highest BCUT2D eigenvalue weighted by Gasteiger charge is 2.24. The first-order valence-electron chi connectivity index (χ1n) is 5.89. The topological polar surface area (TPSA) is 41.1 Å². The lowest BCUT2D eigenvalue weighted by molar-refractivity contribution is -0.126. The van der Waals surface area contributed by atoms with Gasteiger partial charge in [0.2, 0.25) is 5.91 Å². The molecule has 0 radical (unpaired) electrons. The SMILES string of the molecule is C[C@H]1C[C@@H](C(=O)NCc2cc(Br)cs2)CCN1. The van der Waals surface area contributed by atoms with Gasteiger partial charge in [-0.1, -0.05) is 0 Å². The molecule has 17 heavy (non-hydrogen) atoms. The van der Waals surface area contributed by atoms with Crippen LogP contribution in [0.4, 0.5) is 0 Å². The van der Waals surface area contributed by atoms with Crippen molar-refractivity contribution in [3.05, 3.63) is 20.8 Å². The molecule has 1 aliphatic heterocycles. The van der Waals surface area contributed by atoms with Crippen LogP contribution in [0.25, 0.3) is 0 Å². The molecule has 1 fully saturated rings. The first-order chi connectivity index (χ1) is 8.15. The van der Waals surface area contributed by atoms with E-state index in [0.717, 1.165) is 23.9 Å². The zero-order valence-corrected chi connectivity index (χ0v) is 12.2. The van der Waals surface area contributed by atoms with Crippen LogP contribution in [-0.2, 0) is 11.3 Å². The summed E-state index contributed by atoms with van der Waals surface area (Å²) in [6.45, 7) is 3.73. The van der Waals surface area contributed by atoms with Crippen LogP contribution in [0, 0.1) is 5.92 Å². The highest BCUT2D eigenvalue weighted by Crippen LogP contribution is 2.20. The average molecular weight is 317 g/mol. The second-order valence-corrected chi connectivity index (χ2v) is 6.44. The molecule has 0 aromatic carbocycles. The van der Waals surface area contributed by atoms with Gasteiger partial charge in [-0.25, -0.2) is 0 Å². The molecule has 1 aromatic rings. The van der Waals surface area contributed by atoms with Gasteiger partial charge in [0.15, 0.2) is 0 Å². The Hall–Kier alpha value is -0.390. The van der Waals surface area contributed by atoms with Crippen LogP contribution in [0.3, 0.4) is 0 Å². The van der Waals surface area contributed by atoms with Gasteiger partial charge in [0.1, 0.15) is 0 Å². The van der Waals surface area contributed by atoms with E-state index < -0.39 is 0 Å². The smallest absolute Gasteiger partial charge is 0.223 e.